The minimum Gasteiger partial charge on any atom is -0.492 e. The van der Waals surface area contributed by atoms with Crippen LogP contribution in [0.1, 0.15) is 19.3 Å². The molecule has 1 atom stereocenters. The molecule has 1 aliphatic heterocycles. The third kappa shape index (κ3) is 5.16. The molecular weight excluding hydrogens is 312 g/mol. The van der Waals surface area contributed by atoms with Gasteiger partial charge in [0, 0.05) is 12.1 Å². The summed E-state index contributed by atoms with van der Waals surface area (Å²) in [6.07, 6.45) is 8.46. The Balaban J connectivity index is 1.83. The van der Waals surface area contributed by atoms with Crippen LogP contribution in [0.4, 0.5) is 0 Å². The lowest BCUT2D eigenvalue weighted by Gasteiger charge is -2.35. The molecule has 0 radical (unpaired) electrons. The van der Waals surface area contributed by atoms with Gasteiger partial charge in [0.2, 0.25) is 5.91 Å². The molecule has 1 aromatic rings. The van der Waals surface area contributed by atoms with Crippen LogP contribution in [0.15, 0.2) is 24.3 Å². The Hall–Kier alpha value is -1.70. The summed E-state index contributed by atoms with van der Waals surface area (Å²) in [5.74, 6) is 3.48. The van der Waals surface area contributed by atoms with Crippen molar-refractivity contribution in [2.75, 3.05) is 33.3 Å². The van der Waals surface area contributed by atoms with E-state index in [0.29, 0.717) is 30.5 Å². The van der Waals surface area contributed by atoms with Crippen LogP contribution in [0.2, 0.25) is 5.02 Å². The number of terminal acetylenes is 1. The fraction of sp³-hybridized carbons (Fsp3) is 0.500. The first kappa shape index (κ1) is 17.7. The van der Waals surface area contributed by atoms with Crippen molar-refractivity contribution in [2.45, 2.75) is 25.3 Å². The van der Waals surface area contributed by atoms with Crippen LogP contribution in [0.25, 0.3) is 0 Å². The van der Waals surface area contributed by atoms with E-state index in [9.17, 15) is 4.79 Å². The Kier molecular flexibility index (Phi) is 6.76. The van der Waals surface area contributed by atoms with E-state index in [4.69, 9.17) is 22.8 Å². The average molecular weight is 335 g/mol. The highest BCUT2D eigenvalue weighted by molar-refractivity contribution is 6.30. The van der Waals surface area contributed by atoms with E-state index < -0.39 is 0 Å². The minimum atomic E-state index is -0.101. The fourth-order valence-corrected chi connectivity index (χ4v) is 2.98. The van der Waals surface area contributed by atoms with E-state index >= 15 is 0 Å². The van der Waals surface area contributed by atoms with Gasteiger partial charge in [-0.3, -0.25) is 9.69 Å². The molecule has 1 amide bonds. The number of ether oxygens (including phenoxy) is 1. The molecule has 1 aliphatic rings. The summed E-state index contributed by atoms with van der Waals surface area (Å²) in [5.41, 5.74) is 0. The SMILES string of the molecule is C#CCN1CCCCC1C(=O)N(C)CCOc1cccc(Cl)c1. The number of hydrogen-bond acceptors (Lipinski definition) is 3. The van der Waals surface area contributed by atoms with Crippen molar-refractivity contribution in [3.8, 4) is 18.1 Å². The van der Waals surface area contributed by atoms with E-state index in [1.165, 1.54) is 0 Å². The Morgan fingerprint density at radius 1 is 1.52 bits per heavy atom. The van der Waals surface area contributed by atoms with Crippen molar-refractivity contribution in [3.05, 3.63) is 29.3 Å². The van der Waals surface area contributed by atoms with Crippen LogP contribution in [-0.2, 0) is 4.79 Å². The Morgan fingerprint density at radius 3 is 3.09 bits per heavy atom. The van der Waals surface area contributed by atoms with Crippen LogP contribution >= 0.6 is 11.6 Å². The second-order valence-electron chi connectivity index (χ2n) is 5.75. The zero-order valence-electron chi connectivity index (χ0n) is 13.5. The number of hydrogen-bond donors (Lipinski definition) is 0. The molecule has 1 unspecified atom stereocenters. The lowest BCUT2D eigenvalue weighted by molar-refractivity contribution is -0.137. The van der Waals surface area contributed by atoms with Gasteiger partial charge in [-0.2, -0.15) is 0 Å². The molecule has 23 heavy (non-hydrogen) atoms. The molecular formula is C18H23ClN2O2. The molecule has 0 aromatic heterocycles. The van der Waals surface area contributed by atoms with Crippen molar-refractivity contribution >= 4 is 17.5 Å². The van der Waals surface area contributed by atoms with Gasteiger partial charge in [-0.05, 0) is 37.6 Å². The first-order valence-electron chi connectivity index (χ1n) is 7.92. The van der Waals surface area contributed by atoms with Gasteiger partial charge < -0.3 is 9.64 Å². The largest absolute Gasteiger partial charge is 0.492 e. The van der Waals surface area contributed by atoms with Crippen molar-refractivity contribution in [2.24, 2.45) is 0 Å². The van der Waals surface area contributed by atoms with Gasteiger partial charge in [-0.25, -0.2) is 0 Å². The number of carbonyl (C=O) groups excluding carboxylic acids is 1. The van der Waals surface area contributed by atoms with E-state index in [-0.39, 0.29) is 11.9 Å². The van der Waals surface area contributed by atoms with E-state index in [0.717, 1.165) is 25.8 Å². The molecule has 0 bridgehead atoms. The summed E-state index contributed by atoms with van der Waals surface area (Å²) in [7, 11) is 1.81. The molecule has 1 aromatic carbocycles. The number of halogens is 1. The first-order chi connectivity index (χ1) is 11.1. The van der Waals surface area contributed by atoms with Gasteiger partial charge in [0.05, 0.1) is 19.1 Å². The summed E-state index contributed by atoms with van der Waals surface area (Å²) >= 11 is 5.92. The van der Waals surface area contributed by atoms with E-state index in [1.54, 1.807) is 17.0 Å². The zero-order chi connectivity index (χ0) is 16.7. The monoisotopic (exact) mass is 334 g/mol. The number of likely N-dealkylation sites (tertiary alicyclic amines) is 1. The summed E-state index contributed by atoms with van der Waals surface area (Å²) in [6, 6.07) is 7.15. The molecule has 0 spiro atoms. The lowest BCUT2D eigenvalue weighted by Crippen LogP contribution is -2.50. The van der Waals surface area contributed by atoms with Gasteiger partial charge in [0.15, 0.2) is 0 Å². The summed E-state index contributed by atoms with van der Waals surface area (Å²) in [5, 5.41) is 0.638. The predicted octanol–water partition coefficient (Wildman–Crippen LogP) is 2.66. The number of benzene rings is 1. The highest BCUT2D eigenvalue weighted by Crippen LogP contribution is 2.19. The molecule has 1 heterocycles. The van der Waals surface area contributed by atoms with Crippen molar-refractivity contribution in [1.29, 1.82) is 0 Å². The summed E-state index contributed by atoms with van der Waals surface area (Å²) < 4.78 is 5.65. The number of carbonyl (C=O) groups is 1. The maximum atomic E-state index is 12.6. The quantitative estimate of drug-likeness (QED) is 0.750. The number of rotatable bonds is 6. The van der Waals surface area contributed by atoms with Crippen LogP contribution in [-0.4, -0.2) is 55.0 Å². The average Bonchev–Trinajstić information content (AvgIpc) is 2.55. The number of likely N-dealkylation sites (N-methyl/N-ethyl adjacent to an activating group) is 1. The minimum absolute atomic E-state index is 0.101. The van der Waals surface area contributed by atoms with Crippen molar-refractivity contribution in [3.63, 3.8) is 0 Å². The zero-order valence-corrected chi connectivity index (χ0v) is 14.3. The number of nitrogens with zero attached hydrogens (tertiary/aromatic N) is 2. The molecule has 1 fully saturated rings. The molecule has 0 N–H and O–H groups in total. The lowest BCUT2D eigenvalue weighted by atomic mass is 10.0. The highest BCUT2D eigenvalue weighted by Gasteiger charge is 2.29. The second-order valence-corrected chi connectivity index (χ2v) is 6.19. The molecule has 0 saturated carbocycles. The molecule has 5 heteroatoms. The van der Waals surface area contributed by atoms with Gasteiger partial charge in [0.25, 0.3) is 0 Å². The van der Waals surface area contributed by atoms with Crippen LogP contribution in [0.3, 0.4) is 0 Å². The van der Waals surface area contributed by atoms with Crippen LogP contribution < -0.4 is 4.74 Å². The van der Waals surface area contributed by atoms with E-state index in [1.807, 2.05) is 19.2 Å². The van der Waals surface area contributed by atoms with Crippen LogP contribution in [0, 0.1) is 12.3 Å². The fourth-order valence-electron chi connectivity index (χ4n) is 2.80. The van der Waals surface area contributed by atoms with Gasteiger partial charge in [-0.15, -0.1) is 6.42 Å². The predicted molar refractivity (Wildman–Crippen MR) is 92.6 cm³/mol. The highest BCUT2D eigenvalue weighted by atomic mass is 35.5. The summed E-state index contributed by atoms with van der Waals surface area (Å²) in [6.45, 7) is 2.40. The smallest absolute Gasteiger partial charge is 0.239 e. The molecule has 0 aliphatic carbocycles. The Morgan fingerprint density at radius 2 is 2.35 bits per heavy atom. The van der Waals surface area contributed by atoms with Crippen molar-refractivity contribution < 1.29 is 9.53 Å². The maximum absolute atomic E-state index is 12.6. The molecule has 2 rings (SSSR count). The second kappa shape index (κ2) is 8.81. The van der Waals surface area contributed by atoms with Crippen molar-refractivity contribution in [1.82, 2.24) is 9.80 Å². The Labute approximate surface area is 143 Å². The maximum Gasteiger partial charge on any atom is 0.239 e. The summed E-state index contributed by atoms with van der Waals surface area (Å²) in [4.78, 5) is 16.4. The molecule has 4 nitrogen and oxygen atoms in total. The van der Waals surface area contributed by atoms with Crippen LogP contribution in [0.5, 0.6) is 5.75 Å². The first-order valence-corrected chi connectivity index (χ1v) is 8.30. The third-order valence-corrected chi connectivity index (χ3v) is 4.30. The topological polar surface area (TPSA) is 32.8 Å². The number of piperidine rings is 1. The molecule has 1 saturated heterocycles. The normalized spacial score (nSPS) is 18.2. The molecule has 124 valence electrons. The van der Waals surface area contributed by atoms with Gasteiger partial charge >= 0.3 is 0 Å². The number of amides is 1. The third-order valence-electron chi connectivity index (χ3n) is 4.06. The van der Waals surface area contributed by atoms with E-state index in [2.05, 4.69) is 10.8 Å². The Bertz CT molecular complexity index is 570. The van der Waals surface area contributed by atoms with Gasteiger partial charge in [-0.1, -0.05) is 30.0 Å². The standard InChI is InChI=1S/C18H23ClN2O2/c1-3-10-21-11-5-4-9-17(21)18(22)20(2)12-13-23-16-8-6-7-15(19)14-16/h1,6-8,14,17H,4-5,9-13H2,2H3. The van der Waals surface area contributed by atoms with Gasteiger partial charge in [0.1, 0.15) is 12.4 Å².